The van der Waals surface area contributed by atoms with E-state index >= 15 is 4.39 Å². The first kappa shape index (κ1) is 29.9. The number of fused-ring (bicyclic) bond motifs is 1. The smallest absolute Gasteiger partial charge is 0.417 e. The van der Waals surface area contributed by atoms with Crippen molar-refractivity contribution in [1.29, 1.82) is 5.41 Å². The monoisotopic (exact) mass is 546 g/mol. The van der Waals surface area contributed by atoms with E-state index in [0.29, 0.717) is 12.8 Å². The standard InChI is InChI=1S/C27H39FN6O5/c1-26(2,3)38-24(36)32-18-11-9-8-10-17(18)31-22-20(28)16-14-34(25(37)39-27(4,5)6)23(35)19(16)21(33-22)15(12-29)13-30-7/h12-13,17-18,29-30H,8-11,14H2,1-7H3,(H,31,33)(H,32,36)/b15-13+,29-12?/t17?,18-/m0/s1. The zero-order chi connectivity index (χ0) is 29.1. The van der Waals surface area contributed by atoms with Gasteiger partial charge in [-0.2, -0.15) is 0 Å². The minimum Gasteiger partial charge on any atom is -0.444 e. The van der Waals surface area contributed by atoms with Gasteiger partial charge in [0.05, 0.1) is 23.8 Å². The number of carbonyl (C=O) groups is 3. The Balaban J connectivity index is 2.00. The summed E-state index contributed by atoms with van der Waals surface area (Å²) in [5, 5.41) is 16.7. The second-order valence-electron chi connectivity index (χ2n) is 11.7. The molecule has 1 aliphatic carbocycles. The average molecular weight is 547 g/mol. The summed E-state index contributed by atoms with van der Waals surface area (Å²) in [6.45, 7) is 9.99. The molecule has 3 rings (SSSR count). The van der Waals surface area contributed by atoms with Gasteiger partial charge in [0.2, 0.25) is 0 Å². The van der Waals surface area contributed by atoms with Gasteiger partial charge in [0, 0.05) is 36.6 Å². The number of amides is 3. The van der Waals surface area contributed by atoms with Gasteiger partial charge in [0.25, 0.3) is 5.91 Å². The van der Waals surface area contributed by atoms with E-state index in [1.807, 2.05) is 0 Å². The molecule has 39 heavy (non-hydrogen) atoms. The molecule has 2 heterocycles. The van der Waals surface area contributed by atoms with E-state index in [2.05, 4.69) is 20.9 Å². The number of halogens is 1. The van der Waals surface area contributed by atoms with Gasteiger partial charge in [0.15, 0.2) is 11.6 Å². The highest BCUT2D eigenvalue weighted by Gasteiger charge is 2.41. The molecule has 0 saturated heterocycles. The maximum Gasteiger partial charge on any atom is 0.417 e. The molecule has 1 saturated carbocycles. The summed E-state index contributed by atoms with van der Waals surface area (Å²) in [6.07, 6.45) is 4.04. The number of rotatable bonds is 6. The number of ether oxygens (including phenoxy) is 2. The summed E-state index contributed by atoms with van der Waals surface area (Å²) in [6, 6.07) is -0.712. The van der Waals surface area contributed by atoms with Crippen LogP contribution in [0.3, 0.4) is 0 Å². The van der Waals surface area contributed by atoms with Crippen molar-refractivity contribution in [3.8, 4) is 0 Å². The first-order valence-electron chi connectivity index (χ1n) is 13.1. The van der Waals surface area contributed by atoms with Crippen LogP contribution in [0, 0.1) is 11.2 Å². The predicted molar refractivity (Wildman–Crippen MR) is 145 cm³/mol. The normalized spacial score (nSPS) is 19.7. The Morgan fingerprint density at radius 2 is 1.69 bits per heavy atom. The van der Waals surface area contributed by atoms with Gasteiger partial charge >= 0.3 is 12.2 Å². The van der Waals surface area contributed by atoms with Crippen molar-refractivity contribution in [2.75, 3.05) is 12.4 Å². The van der Waals surface area contributed by atoms with Crippen molar-refractivity contribution < 1.29 is 28.2 Å². The molecule has 0 spiro atoms. The van der Waals surface area contributed by atoms with Crippen molar-refractivity contribution in [1.82, 2.24) is 20.5 Å². The van der Waals surface area contributed by atoms with Crippen molar-refractivity contribution >= 4 is 35.7 Å². The third kappa shape index (κ3) is 7.24. The van der Waals surface area contributed by atoms with Crippen LogP contribution in [0.25, 0.3) is 5.57 Å². The summed E-state index contributed by atoms with van der Waals surface area (Å²) >= 11 is 0. The van der Waals surface area contributed by atoms with Crippen LogP contribution >= 0.6 is 0 Å². The van der Waals surface area contributed by atoms with E-state index in [1.54, 1.807) is 48.6 Å². The molecule has 1 aliphatic heterocycles. The first-order valence-corrected chi connectivity index (χ1v) is 13.1. The zero-order valence-electron chi connectivity index (χ0n) is 23.7. The molecule has 0 aromatic carbocycles. The van der Waals surface area contributed by atoms with Crippen molar-refractivity contribution in [3.05, 3.63) is 28.8 Å². The van der Waals surface area contributed by atoms with E-state index in [0.717, 1.165) is 24.0 Å². The minimum atomic E-state index is -0.897. The Morgan fingerprint density at radius 3 is 2.26 bits per heavy atom. The third-order valence-corrected chi connectivity index (χ3v) is 6.14. The number of carbonyl (C=O) groups excluding carboxylic acids is 3. The van der Waals surface area contributed by atoms with E-state index in [4.69, 9.17) is 14.9 Å². The Hall–Kier alpha value is -3.70. The van der Waals surface area contributed by atoms with Gasteiger partial charge in [-0.05, 0) is 54.4 Å². The van der Waals surface area contributed by atoms with Gasteiger partial charge in [-0.15, -0.1) is 0 Å². The van der Waals surface area contributed by atoms with Gasteiger partial charge in [-0.3, -0.25) is 4.79 Å². The third-order valence-electron chi connectivity index (χ3n) is 6.14. The van der Waals surface area contributed by atoms with Crippen LogP contribution in [0.1, 0.15) is 88.8 Å². The SMILES string of the molecule is CN/C=C(\C=N)c1nc(NC2CCCC[C@@H]2NC(=O)OC(C)(C)C)c(F)c2c1C(=O)N(C(=O)OC(C)(C)C)C2. The van der Waals surface area contributed by atoms with Crippen LogP contribution in [0.15, 0.2) is 6.20 Å². The molecule has 4 N–H and O–H groups in total. The van der Waals surface area contributed by atoms with Crippen LogP contribution in [-0.4, -0.2) is 64.5 Å². The van der Waals surface area contributed by atoms with Gasteiger partial charge in [-0.1, -0.05) is 12.8 Å². The molecule has 1 aromatic heterocycles. The van der Waals surface area contributed by atoms with Gasteiger partial charge in [-0.25, -0.2) is 23.9 Å². The van der Waals surface area contributed by atoms with E-state index < -0.39 is 35.1 Å². The summed E-state index contributed by atoms with van der Waals surface area (Å²) in [5.74, 6) is -1.66. The molecule has 1 aromatic rings. The summed E-state index contributed by atoms with van der Waals surface area (Å²) in [7, 11) is 1.62. The van der Waals surface area contributed by atoms with Crippen LogP contribution in [0.2, 0.25) is 0 Å². The maximum absolute atomic E-state index is 16.0. The molecule has 12 heteroatoms. The topological polar surface area (TPSA) is 146 Å². The number of nitrogens with zero attached hydrogens (tertiary/aromatic N) is 2. The Bertz CT molecular complexity index is 1170. The number of anilines is 1. The number of hydrogen-bond donors (Lipinski definition) is 4. The van der Waals surface area contributed by atoms with E-state index in [1.165, 1.54) is 6.20 Å². The molecule has 2 aliphatic rings. The predicted octanol–water partition coefficient (Wildman–Crippen LogP) is 4.57. The lowest BCUT2D eigenvalue weighted by Gasteiger charge is -2.34. The highest BCUT2D eigenvalue weighted by Crippen LogP contribution is 2.35. The number of aromatic nitrogens is 1. The second kappa shape index (κ2) is 11.6. The van der Waals surface area contributed by atoms with Crippen LogP contribution in [-0.2, 0) is 16.0 Å². The first-order chi connectivity index (χ1) is 18.1. The second-order valence-corrected chi connectivity index (χ2v) is 11.7. The number of pyridine rings is 1. The summed E-state index contributed by atoms with van der Waals surface area (Å²) in [5.41, 5.74) is -1.36. The van der Waals surface area contributed by atoms with E-state index in [-0.39, 0.29) is 46.8 Å². The lowest BCUT2D eigenvalue weighted by Crippen LogP contribution is -2.50. The van der Waals surface area contributed by atoms with Crippen molar-refractivity contribution in [2.45, 2.75) is 97.1 Å². The number of hydrogen-bond acceptors (Lipinski definition) is 9. The zero-order valence-corrected chi connectivity index (χ0v) is 23.7. The Morgan fingerprint density at radius 1 is 1.08 bits per heavy atom. The van der Waals surface area contributed by atoms with Gasteiger partial charge < -0.3 is 30.8 Å². The van der Waals surface area contributed by atoms with Crippen LogP contribution in [0.4, 0.5) is 19.8 Å². The molecule has 11 nitrogen and oxygen atoms in total. The molecule has 2 atom stereocenters. The van der Waals surface area contributed by atoms with Crippen LogP contribution < -0.4 is 16.0 Å². The minimum absolute atomic E-state index is 0.0188. The fourth-order valence-electron chi connectivity index (χ4n) is 4.57. The highest BCUT2D eigenvalue weighted by atomic mass is 19.1. The molecule has 3 amide bonds. The maximum atomic E-state index is 16.0. The fourth-order valence-corrected chi connectivity index (χ4v) is 4.57. The largest absolute Gasteiger partial charge is 0.444 e. The molecule has 1 unspecified atom stereocenters. The van der Waals surface area contributed by atoms with Crippen molar-refractivity contribution in [2.24, 2.45) is 0 Å². The number of nitrogens with one attached hydrogen (secondary N) is 4. The van der Waals surface area contributed by atoms with Crippen molar-refractivity contribution in [3.63, 3.8) is 0 Å². The quantitative estimate of drug-likeness (QED) is 0.380. The Kier molecular flexibility index (Phi) is 8.87. The van der Waals surface area contributed by atoms with Gasteiger partial charge in [0.1, 0.15) is 11.2 Å². The Labute approximate surface area is 228 Å². The number of allylic oxidation sites excluding steroid dienone is 1. The number of alkyl carbamates (subject to hydrolysis) is 1. The van der Waals surface area contributed by atoms with Crippen LogP contribution in [0.5, 0.6) is 0 Å². The highest BCUT2D eigenvalue weighted by molar-refractivity contribution is 6.15. The van der Waals surface area contributed by atoms with E-state index in [9.17, 15) is 14.4 Å². The molecule has 0 radical (unpaired) electrons. The molecule has 214 valence electrons. The lowest BCUT2D eigenvalue weighted by molar-refractivity contribution is 0.0246. The molecule has 1 fully saturated rings. The molecular formula is C27H39FN6O5. The number of imide groups is 1. The summed E-state index contributed by atoms with van der Waals surface area (Å²) < 4.78 is 26.7. The molecular weight excluding hydrogens is 507 g/mol. The lowest BCUT2D eigenvalue weighted by atomic mass is 9.90. The fraction of sp³-hybridized carbons (Fsp3) is 0.593. The summed E-state index contributed by atoms with van der Waals surface area (Å²) in [4.78, 5) is 43.8. The molecule has 0 bridgehead atoms. The average Bonchev–Trinajstić information content (AvgIpc) is 3.16.